The Kier molecular flexibility index (Phi) is 7.22. The predicted molar refractivity (Wildman–Crippen MR) is 116 cm³/mol. The molecule has 0 bridgehead atoms. The van der Waals surface area contributed by atoms with Crippen molar-refractivity contribution in [2.24, 2.45) is 0 Å². The van der Waals surface area contributed by atoms with Crippen molar-refractivity contribution in [1.82, 2.24) is 24.6 Å². The normalized spacial score (nSPS) is 27.1. The van der Waals surface area contributed by atoms with E-state index in [4.69, 9.17) is 31.5 Å². The van der Waals surface area contributed by atoms with E-state index in [2.05, 4.69) is 20.0 Å². The fourth-order valence-corrected chi connectivity index (χ4v) is 4.62. The maximum atomic E-state index is 15.5. The van der Waals surface area contributed by atoms with Gasteiger partial charge >= 0.3 is 13.0 Å². The highest BCUT2D eigenvalue weighted by molar-refractivity contribution is 8.02. The van der Waals surface area contributed by atoms with Crippen molar-refractivity contribution in [2.75, 3.05) is 12.3 Å². The van der Waals surface area contributed by atoms with Crippen molar-refractivity contribution in [3.8, 4) is 0 Å². The molecule has 0 amide bonds. The van der Waals surface area contributed by atoms with Crippen molar-refractivity contribution >= 4 is 42.0 Å². The number of alkyl halides is 1. The standard InChI is InChI=1S/C17H24FN6O6PS/c1-7(2)29-14(27)8(3)23-31(32)28-5-9-11(25)17(4,18)15(30-9)24-6-20-10-12(24)21-16(19)22-13(10)26/h6-9,11,15,25H,5H2,1-4H3,(H3-,19,21,22,23,26,32)/p+1. The van der Waals surface area contributed by atoms with Crippen LogP contribution in [0.2, 0.25) is 0 Å². The fourth-order valence-electron chi connectivity index (χ4n) is 3.19. The quantitative estimate of drug-likeness (QED) is 0.298. The molecule has 1 fully saturated rings. The number of rotatable bonds is 8. The van der Waals surface area contributed by atoms with Crippen molar-refractivity contribution in [3.05, 3.63) is 16.7 Å². The maximum Gasteiger partial charge on any atom is 0.440 e. The summed E-state index contributed by atoms with van der Waals surface area (Å²) in [6, 6.07) is -0.707. The van der Waals surface area contributed by atoms with E-state index in [1.165, 1.54) is 10.9 Å². The minimum Gasteiger partial charge on any atom is -0.462 e. The number of fused-ring (bicyclic) bond motifs is 1. The number of aliphatic hydroxyl groups excluding tert-OH is 1. The lowest BCUT2D eigenvalue weighted by molar-refractivity contribution is -0.148. The molecule has 0 spiro atoms. The molecule has 0 radical (unpaired) electrons. The minimum absolute atomic E-state index is 0.0126. The van der Waals surface area contributed by atoms with Crippen LogP contribution in [0.4, 0.5) is 10.3 Å². The summed E-state index contributed by atoms with van der Waals surface area (Å²) in [7, 11) is -1.71. The Morgan fingerprint density at radius 3 is 2.91 bits per heavy atom. The number of hydrogen-bond acceptors (Lipinski definition) is 10. The third-order valence-corrected chi connectivity index (χ3v) is 6.39. The van der Waals surface area contributed by atoms with Gasteiger partial charge in [-0.05, 0) is 27.7 Å². The third-order valence-electron chi connectivity index (χ3n) is 4.78. The number of hydrogen-bond donors (Lipinski definition) is 4. The van der Waals surface area contributed by atoms with Crippen molar-refractivity contribution < 1.29 is 28.3 Å². The van der Waals surface area contributed by atoms with E-state index in [1.54, 1.807) is 20.8 Å². The number of anilines is 1. The first kappa shape index (κ1) is 24.6. The van der Waals surface area contributed by atoms with Gasteiger partial charge in [0.15, 0.2) is 23.1 Å². The lowest BCUT2D eigenvalue weighted by atomic mass is 9.98. The van der Waals surface area contributed by atoms with Crippen molar-refractivity contribution in [1.29, 1.82) is 0 Å². The molecule has 5 N–H and O–H groups in total. The average Bonchev–Trinajstić information content (AvgIpc) is 3.19. The van der Waals surface area contributed by atoms with Gasteiger partial charge in [0.05, 0.1) is 12.4 Å². The number of carbonyl (C=O) groups is 1. The zero-order valence-electron chi connectivity index (χ0n) is 17.8. The number of nitrogens with one attached hydrogen (secondary N) is 2. The van der Waals surface area contributed by atoms with Crippen LogP contribution < -0.4 is 16.4 Å². The molecule has 1 aliphatic heterocycles. The minimum atomic E-state index is -2.27. The van der Waals surface area contributed by atoms with Crippen LogP contribution in [0.1, 0.15) is 33.9 Å². The molecular formula is C17H25FN6O6PS+. The number of aromatic nitrogens is 4. The first-order valence-electron chi connectivity index (χ1n) is 9.73. The van der Waals surface area contributed by atoms with Crippen LogP contribution in [0.5, 0.6) is 0 Å². The second-order valence-corrected chi connectivity index (χ2v) is 9.81. The number of nitrogen functional groups attached to an aromatic ring is 1. The summed E-state index contributed by atoms with van der Waals surface area (Å²) in [5, 5.41) is 13.3. The molecule has 3 heterocycles. The Hall–Kier alpha value is -2.09. The van der Waals surface area contributed by atoms with Crippen LogP contribution in [0.3, 0.4) is 0 Å². The monoisotopic (exact) mass is 491 g/mol. The number of aliphatic hydroxyl groups is 1. The van der Waals surface area contributed by atoms with E-state index in [0.717, 1.165) is 6.92 Å². The molecule has 32 heavy (non-hydrogen) atoms. The zero-order valence-corrected chi connectivity index (χ0v) is 19.5. The second kappa shape index (κ2) is 9.41. The SMILES string of the molecule is CC(C)OC(=O)C(C)N[P+](=S)OCC1OC(n2cnc3c(=O)[nH]c(N)nc32)C(C)(F)C1O. The number of esters is 1. The van der Waals surface area contributed by atoms with Gasteiger partial charge in [0.2, 0.25) is 17.8 Å². The lowest BCUT2D eigenvalue weighted by Crippen LogP contribution is -2.40. The van der Waals surface area contributed by atoms with E-state index >= 15 is 4.39 Å². The molecule has 6 atom stereocenters. The van der Waals surface area contributed by atoms with E-state index in [1.807, 2.05) is 0 Å². The van der Waals surface area contributed by atoms with Crippen LogP contribution >= 0.6 is 7.07 Å². The number of aromatic amines is 1. The molecular weight excluding hydrogens is 466 g/mol. The van der Waals surface area contributed by atoms with Gasteiger partial charge in [0, 0.05) is 0 Å². The van der Waals surface area contributed by atoms with Gasteiger partial charge in [-0.3, -0.25) is 19.1 Å². The largest absolute Gasteiger partial charge is 0.462 e. The molecule has 176 valence electrons. The summed E-state index contributed by atoms with van der Waals surface area (Å²) < 4.78 is 32.9. The summed E-state index contributed by atoms with van der Waals surface area (Å²) in [6.45, 7) is 5.95. The molecule has 12 nitrogen and oxygen atoms in total. The topological polar surface area (TPSA) is 167 Å². The van der Waals surface area contributed by atoms with Crippen molar-refractivity contribution in [3.63, 3.8) is 0 Å². The van der Waals surface area contributed by atoms with Crippen LogP contribution in [-0.2, 0) is 30.6 Å². The average molecular weight is 491 g/mol. The van der Waals surface area contributed by atoms with Crippen molar-refractivity contribution in [2.45, 2.75) is 63.9 Å². The molecule has 0 aromatic carbocycles. The number of nitrogens with zero attached hydrogens (tertiary/aromatic N) is 3. The van der Waals surface area contributed by atoms with E-state index in [0.29, 0.717) is 0 Å². The molecule has 6 unspecified atom stereocenters. The smallest absolute Gasteiger partial charge is 0.440 e. The van der Waals surface area contributed by atoms with E-state index < -0.39 is 48.7 Å². The number of imidazole rings is 1. The van der Waals surface area contributed by atoms with Crippen LogP contribution in [0.15, 0.2) is 11.1 Å². The predicted octanol–water partition coefficient (Wildman–Crippen LogP) is 0.408. The van der Waals surface area contributed by atoms with Gasteiger partial charge in [-0.2, -0.15) is 4.98 Å². The Labute approximate surface area is 188 Å². The highest BCUT2D eigenvalue weighted by atomic mass is 32.4. The summed E-state index contributed by atoms with van der Waals surface area (Å²) in [5.74, 6) is -0.653. The fraction of sp³-hybridized carbons (Fsp3) is 0.647. The molecule has 0 aliphatic carbocycles. The highest BCUT2D eigenvalue weighted by Gasteiger charge is 2.56. The highest BCUT2D eigenvalue weighted by Crippen LogP contribution is 2.42. The number of nitrogens with two attached hydrogens (primary N) is 1. The Balaban J connectivity index is 1.69. The van der Waals surface area contributed by atoms with E-state index in [9.17, 15) is 14.7 Å². The Morgan fingerprint density at radius 1 is 1.56 bits per heavy atom. The summed E-state index contributed by atoms with van der Waals surface area (Å²) in [4.78, 5) is 34.1. The van der Waals surface area contributed by atoms with Gasteiger partial charge in [-0.15, -0.1) is 4.52 Å². The first-order chi connectivity index (χ1) is 14.9. The van der Waals surface area contributed by atoms with Crippen LogP contribution in [-0.4, -0.2) is 67.2 Å². The van der Waals surface area contributed by atoms with Gasteiger partial charge in [0.1, 0.15) is 24.9 Å². The zero-order chi connectivity index (χ0) is 23.8. The van der Waals surface area contributed by atoms with E-state index in [-0.39, 0.29) is 29.8 Å². The second-order valence-electron chi connectivity index (χ2n) is 7.79. The number of H-pyrrole nitrogens is 1. The molecule has 15 heteroatoms. The number of halogens is 1. The molecule has 3 rings (SSSR count). The maximum absolute atomic E-state index is 15.5. The molecule has 2 aromatic heterocycles. The number of ether oxygens (including phenoxy) is 2. The number of carbonyl (C=O) groups excluding carboxylic acids is 1. The van der Waals surface area contributed by atoms with Crippen LogP contribution in [0.25, 0.3) is 11.2 Å². The van der Waals surface area contributed by atoms with Gasteiger partial charge < -0.3 is 20.3 Å². The Bertz CT molecular complexity index is 1080. The first-order valence-corrected chi connectivity index (χ1v) is 12.0. The summed E-state index contributed by atoms with van der Waals surface area (Å²) in [5.41, 5.74) is 2.69. The van der Waals surface area contributed by atoms with Crippen LogP contribution in [0, 0.1) is 0 Å². The molecule has 0 saturated carbocycles. The third kappa shape index (κ3) is 4.95. The van der Waals surface area contributed by atoms with Gasteiger partial charge in [0.25, 0.3) is 5.56 Å². The van der Waals surface area contributed by atoms with Gasteiger partial charge in [-0.25, -0.2) is 9.37 Å². The Morgan fingerprint density at radius 2 is 2.25 bits per heavy atom. The molecule has 1 saturated heterocycles. The lowest BCUT2D eigenvalue weighted by Gasteiger charge is -2.24. The molecule has 2 aromatic rings. The summed E-state index contributed by atoms with van der Waals surface area (Å²) >= 11 is 5.19. The molecule has 1 aliphatic rings. The van der Waals surface area contributed by atoms with Gasteiger partial charge in [-0.1, -0.05) is 5.09 Å². The summed E-state index contributed by atoms with van der Waals surface area (Å²) in [6.07, 6.45) is -3.10.